The summed E-state index contributed by atoms with van der Waals surface area (Å²) in [5.74, 6) is -0.175. The number of alkyl halides is 3. The number of benzene rings is 1. The van der Waals surface area contributed by atoms with Crippen LogP contribution >= 0.6 is 11.6 Å². The third kappa shape index (κ3) is 4.01. The first-order chi connectivity index (χ1) is 11.0. The zero-order valence-corrected chi connectivity index (χ0v) is 14.4. The van der Waals surface area contributed by atoms with Crippen molar-refractivity contribution in [2.45, 2.75) is 24.4 Å². The molecule has 0 spiro atoms. The van der Waals surface area contributed by atoms with Crippen LogP contribution in [-0.4, -0.2) is 49.7 Å². The van der Waals surface area contributed by atoms with E-state index in [2.05, 4.69) is 0 Å². The molecule has 0 bridgehead atoms. The zero-order chi connectivity index (χ0) is 18.1. The predicted molar refractivity (Wildman–Crippen MR) is 82.1 cm³/mol. The molecule has 24 heavy (non-hydrogen) atoms. The fraction of sp³-hybridized carbons (Fsp3) is 0.500. The predicted octanol–water partition coefficient (Wildman–Crippen LogP) is 2.60. The Morgan fingerprint density at radius 2 is 1.83 bits per heavy atom. The molecule has 0 atom stereocenters. The molecular formula is C14H16ClF3N2O3S. The highest BCUT2D eigenvalue weighted by atomic mass is 35.5. The van der Waals surface area contributed by atoms with Crippen molar-refractivity contribution in [1.29, 1.82) is 0 Å². The van der Waals surface area contributed by atoms with E-state index in [4.69, 9.17) is 11.6 Å². The van der Waals surface area contributed by atoms with Crippen molar-refractivity contribution >= 4 is 27.5 Å². The van der Waals surface area contributed by atoms with Gasteiger partial charge in [0.2, 0.25) is 15.9 Å². The lowest BCUT2D eigenvalue weighted by Crippen LogP contribution is -2.36. The third-order valence-electron chi connectivity index (χ3n) is 3.78. The van der Waals surface area contributed by atoms with Crippen LogP contribution in [0.1, 0.15) is 18.9 Å². The van der Waals surface area contributed by atoms with Crippen molar-refractivity contribution in [2.75, 3.05) is 26.2 Å². The second-order valence-corrected chi connectivity index (χ2v) is 7.72. The van der Waals surface area contributed by atoms with Crippen LogP contribution in [0, 0.1) is 0 Å². The Morgan fingerprint density at radius 3 is 2.42 bits per heavy atom. The van der Waals surface area contributed by atoms with Gasteiger partial charge < -0.3 is 4.90 Å². The van der Waals surface area contributed by atoms with Gasteiger partial charge in [-0.15, -0.1) is 0 Å². The number of carbonyl (C=O) groups excluding carboxylic acids is 1. The Morgan fingerprint density at radius 1 is 1.17 bits per heavy atom. The molecule has 1 saturated heterocycles. The first-order valence-electron chi connectivity index (χ1n) is 7.16. The minimum atomic E-state index is -4.67. The average Bonchev–Trinajstić information content (AvgIpc) is 2.72. The number of sulfonamides is 1. The number of carbonyl (C=O) groups is 1. The molecule has 0 aromatic heterocycles. The van der Waals surface area contributed by atoms with Gasteiger partial charge in [0.1, 0.15) is 4.90 Å². The lowest BCUT2D eigenvalue weighted by Gasteiger charge is -2.22. The molecule has 1 aliphatic rings. The van der Waals surface area contributed by atoms with Crippen LogP contribution in [0.4, 0.5) is 13.2 Å². The zero-order valence-electron chi connectivity index (χ0n) is 12.8. The lowest BCUT2D eigenvalue weighted by atomic mass is 10.2. The van der Waals surface area contributed by atoms with Gasteiger partial charge in [0, 0.05) is 33.1 Å². The minimum Gasteiger partial charge on any atom is -0.342 e. The first kappa shape index (κ1) is 19.0. The van der Waals surface area contributed by atoms with Crippen LogP contribution in [0.25, 0.3) is 0 Å². The van der Waals surface area contributed by atoms with E-state index < -0.39 is 26.7 Å². The van der Waals surface area contributed by atoms with E-state index >= 15 is 0 Å². The summed E-state index contributed by atoms with van der Waals surface area (Å²) in [5.41, 5.74) is -1.08. The summed E-state index contributed by atoms with van der Waals surface area (Å²) < 4.78 is 65.0. The SMILES string of the molecule is CC(=O)N1CCCN(S(=O)(=O)c2cc(C(F)(F)F)ccc2Cl)CC1. The van der Waals surface area contributed by atoms with Crippen molar-refractivity contribution in [3.8, 4) is 0 Å². The number of amides is 1. The second-order valence-electron chi connectivity index (χ2n) is 5.41. The third-order valence-corrected chi connectivity index (χ3v) is 6.16. The first-order valence-corrected chi connectivity index (χ1v) is 8.97. The molecule has 1 aliphatic heterocycles. The normalized spacial score (nSPS) is 17.6. The van der Waals surface area contributed by atoms with E-state index in [1.54, 1.807) is 0 Å². The number of nitrogens with zero attached hydrogens (tertiary/aromatic N) is 2. The van der Waals surface area contributed by atoms with Gasteiger partial charge in [0.25, 0.3) is 0 Å². The van der Waals surface area contributed by atoms with Crippen molar-refractivity contribution in [2.24, 2.45) is 0 Å². The van der Waals surface area contributed by atoms with Crippen molar-refractivity contribution in [3.63, 3.8) is 0 Å². The maximum atomic E-state index is 12.8. The highest BCUT2D eigenvalue weighted by Gasteiger charge is 2.35. The van der Waals surface area contributed by atoms with E-state index in [0.29, 0.717) is 19.0 Å². The summed E-state index contributed by atoms with van der Waals surface area (Å²) in [6, 6.07) is 2.21. The number of halogens is 4. The van der Waals surface area contributed by atoms with Crippen LogP contribution in [0.2, 0.25) is 5.02 Å². The number of hydrogen-bond acceptors (Lipinski definition) is 3. The Kier molecular flexibility index (Phi) is 5.46. The molecule has 134 valence electrons. The summed E-state index contributed by atoms with van der Waals surface area (Å²) in [6.07, 6.45) is -4.27. The van der Waals surface area contributed by atoms with Gasteiger partial charge in [0.15, 0.2) is 0 Å². The molecule has 1 aromatic carbocycles. The monoisotopic (exact) mass is 384 g/mol. The average molecular weight is 385 g/mol. The maximum absolute atomic E-state index is 12.8. The molecular weight excluding hydrogens is 369 g/mol. The molecule has 1 amide bonds. The molecule has 1 fully saturated rings. The van der Waals surface area contributed by atoms with E-state index in [1.165, 1.54) is 11.8 Å². The Labute approximate surface area is 143 Å². The number of rotatable bonds is 2. The highest BCUT2D eigenvalue weighted by molar-refractivity contribution is 7.89. The van der Waals surface area contributed by atoms with E-state index in [9.17, 15) is 26.4 Å². The molecule has 5 nitrogen and oxygen atoms in total. The quantitative estimate of drug-likeness (QED) is 0.787. The van der Waals surface area contributed by atoms with Gasteiger partial charge in [-0.05, 0) is 24.6 Å². The Hall–Kier alpha value is -1.32. The highest BCUT2D eigenvalue weighted by Crippen LogP contribution is 2.34. The van der Waals surface area contributed by atoms with Crippen LogP contribution in [0.5, 0.6) is 0 Å². The lowest BCUT2D eigenvalue weighted by molar-refractivity contribution is -0.137. The summed E-state index contributed by atoms with van der Waals surface area (Å²) in [7, 11) is -4.18. The molecule has 2 rings (SSSR count). The molecule has 1 aromatic rings. The van der Waals surface area contributed by atoms with Gasteiger partial charge in [-0.2, -0.15) is 17.5 Å². The summed E-state index contributed by atoms with van der Waals surface area (Å²) >= 11 is 5.83. The second kappa shape index (κ2) is 6.89. The molecule has 10 heteroatoms. The molecule has 0 saturated carbocycles. The summed E-state index contributed by atoms with van der Waals surface area (Å²) in [5, 5.41) is -0.268. The van der Waals surface area contributed by atoms with Gasteiger partial charge >= 0.3 is 6.18 Å². The van der Waals surface area contributed by atoms with E-state index in [0.717, 1.165) is 16.4 Å². The van der Waals surface area contributed by atoms with Gasteiger partial charge in [-0.1, -0.05) is 11.6 Å². The number of hydrogen-bond donors (Lipinski definition) is 0. The van der Waals surface area contributed by atoms with Crippen molar-refractivity contribution < 1.29 is 26.4 Å². The summed E-state index contributed by atoms with van der Waals surface area (Å²) in [6.45, 7) is 2.09. The fourth-order valence-corrected chi connectivity index (χ4v) is 4.44. The standard InChI is InChI=1S/C14H16ClF3N2O3S/c1-10(21)19-5-2-6-20(8-7-19)24(22,23)13-9-11(14(16,17)18)3-4-12(13)15/h3-4,9H,2,5-8H2,1H3. The maximum Gasteiger partial charge on any atom is 0.416 e. The van der Waals surface area contributed by atoms with Gasteiger partial charge in [-0.3, -0.25) is 4.79 Å². The molecule has 1 heterocycles. The molecule has 0 unspecified atom stereocenters. The molecule has 0 aliphatic carbocycles. The van der Waals surface area contributed by atoms with Crippen LogP contribution in [0.3, 0.4) is 0 Å². The van der Waals surface area contributed by atoms with Crippen LogP contribution in [0.15, 0.2) is 23.1 Å². The van der Waals surface area contributed by atoms with Gasteiger partial charge in [0.05, 0.1) is 10.6 Å². The van der Waals surface area contributed by atoms with E-state index in [1.807, 2.05) is 0 Å². The largest absolute Gasteiger partial charge is 0.416 e. The Bertz CT molecular complexity index is 737. The molecule has 0 N–H and O–H groups in total. The van der Waals surface area contributed by atoms with Crippen molar-refractivity contribution in [3.05, 3.63) is 28.8 Å². The molecule has 0 radical (unpaired) electrons. The van der Waals surface area contributed by atoms with Crippen LogP contribution in [-0.2, 0) is 21.0 Å². The van der Waals surface area contributed by atoms with Gasteiger partial charge in [-0.25, -0.2) is 8.42 Å². The van der Waals surface area contributed by atoms with E-state index in [-0.39, 0.29) is 30.6 Å². The smallest absolute Gasteiger partial charge is 0.342 e. The van der Waals surface area contributed by atoms with Crippen molar-refractivity contribution in [1.82, 2.24) is 9.21 Å². The fourth-order valence-electron chi connectivity index (χ4n) is 2.47. The Balaban J connectivity index is 2.35. The summed E-state index contributed by atoms with van der Waals surface area (Å²) in [4.78, 5) is 12.3. The topological polar surface area (TPSA) is 57.7 Å². The van der Waals surface area contributed by atoms with Crippen LogP contribution < -0.4 is 0 Å². The minimum absolute atomic E-state index is 0.00842.